The predicted octanol–water partition coefficient (Wildman–Crippen LogP) is 2.26. The molecule has 0 bridgehead atoms. The SMILES string of the molecule is CCCCCN1CCC[C@@H]1C(=O)N1CCCC1. The maximum atomic E-state index is 12.4. The highest BCUT2D eigenvalue weighted by Gasteiger charge is 2.33. The fourth-order valence-electron chi connectivity index (χ4n) is 3.09. The number of hydrogen-bond donors (Lipinski definition) is 0. The van der Waals surface area contributed by atoms with Gasteiger partial charge in [-0.05, 0) is 45.2 Å². The number of carbonyl (C=O) groups is 1. The molecule has 1 amide bonds. The molecule has 0 aromatic heterocycles. The quantitative estimate of drug-likeness (QED) is 0.686. The zero-order valence-electron chi connectivity index (χ0n) is 11.2. The summed E-state index contributed by atoms with van der Waals surface area (Å²) in [5, 5.41) is 0. The summed E-state index contributed by atoms with van der Waals surface area (Å²) in [4.78, 5) is 16.9. The first-order chi connectivity index (χ1) is 8.33. The van der Waals surface area contributed by atoms with Crippen LogP contribution in [0.4, 0.5) is 0 Å². The molecule has 2 aliphatic rings. The molecule has 0 aromatic rings. The standard InChI is InChI=1S/C14H26N2O/c1-2-3-4-9-15-12-7-8-13(15)14(17)16-10-5-6-11-16/h13H,2-12H2,1H3/t13-/m1/s1. The monoisotopic (exact) mass is 238 g/mol. The molecule has 1 atom stereocenters. The van der Waals surface area contributed by atoms with Crippen LogP contribution in [0.3, 0.4) is 0 Å². The fraction of sp³-hybridized carbons (Fsp3) is 0.929. The molecule has 0 spiro atoms. The van der Waals surface area contributed by atoms with E-state index in [1.807, 2.05) is 0 Å². The summed E-state index contributed by atoms with van der Waals surface area (Å²) < 4.78 is 0. The Morgan fingerprint density at radius 1 is 1.12 bits per heavy atom. The Hall–Kier alpha value is -0.570. The van der Waals surface area contributed by atoms with Gasteiger partial charge < -0.3 is 4.90 Å². The highest BCUT2D eigenvalue weighted by atomic mass is 16.2. The van der Waals surface area contributed by atoms with Crippen LogP contribution >= 0.6 is 0 Å². The summed E-state index contributed by atoms with van der Waals surface area (Å²) >= 11 is 0. The van der Waals surface area contributed by atoms with E-state index in [1.54, 1.807) is 0 Å². The van der Waals surface area contributed by atoms with E-state index in [2.05, 4.69) is 16.7 Å². The molecule has 3 nitrogen and oxygen atoms in total. The van der Waals surface area contributed by atoms with Gasteiger partial charge in [-0.2, -0.15) is 0 Å². The first kappa shape index (κ1) is 12.9. The van der Waals surface area contributed by atoms with Crippen molar-refractivity contribution in [3.8, 4) is 0 Å². The third kappa shape index (κ3) is 3.21. The van der Waals surface area contributed by atoms with E-state index in [0.717, 1.165) is 32.6 Å². The third-order valence-corrected chi connectivity index (χ3v) is 4.12. The Kier molecular flexibility index (Phi) is 4.84. The molecule has 0 radical (unpaired) electrons. The van der Waals surface area contributed by atoms with Crippen molar-refractivity contribution in [3.63, 3.8) is 0 Å². The van der Waals surface area contributed by atoms with Crippen LogP contribution in [0.25, 0.3) is 0 Å². The average Bonchev–Trinajstić information content (AvgIpc) is 3.00. The second-order valence-corrected chi connectivity index (χ2v) is 5.43. The zero-order valence-corrected chi connectivity index (χ0v) is 11.2. The molecule has 2 fully saturated rings. The second kappa shape index (κ2) is 6.39. The molecular weight excluding hydrogens is 212 g/mol. The number of hydrogen-bond acceptors (Lipinski definition) is 2. The fourth-order valence-corrected chi connectivity index (χ4v) is 3.09. The van der Waals surface area contributed by atoms with E-state index in [0.29, 0.717) is 5.91 Å². The molecule has 2 rings (SSSR count). The van der Waals surface area contributed by atoms with Crippen LogP contribution in [0, 0.1) is 0 Å². The van der Waals surface area contributed by atoms with Crippen molar-refractivity contribution < 1.29 is 4.79 Å². The van der Waals surface area contributed by atoms with E-state index in [9.17, 15) is 4.79 Å². The Balaban J connectivity index is 1.82. The lowest BCUT2D eigenvalue weighted by Crippen LogP contribution is -2.44. The van der Waals surface area contributed by atoms with Gasteiger partial charge in [0.05, 0.1) is 6.04 Å². The maximum absolute atomic E-state index is 12.4. The minimum absolute atomic E-state index is 0.213. The van der Waals surface area contributed by atoms with Crippen LogP contribution in [0.5, 0.6) is 0 Å². The van der Waals surface area contributed by atoms with Crippen LogP contribution in [0.2, 0.25) is 0 Å². The molecule has 3 heteroatoms. The summed E-state index contributed by atoms with van der Waals surface area (Å²) in [5.74, 6) is 0.413. The smallest absolute Gasteiger partial charge is 0.239 e. The second-order valence-electron chi connectivity index (χ2n) is 5.43. The Morgan fingerprint density at radius 2 is 1.88 bits per heavy atom. The van der Waals surface area contributed by atoms with Crippen molar-refractivity contribution in [1.29, 1.82) is 0 Å². The Labute approximate surface area is 105 Å². The van der Waals surface area contributed by atoms with Gasteiger partial charge in [0, 0.05) is 13.1 Å². The first-order valence-electron chi connectivity index (χ1n) is 7.35. The number of nitrogens with zero attached hydrogens (tertiary/aromatic N) is 2. The summed E-state index contributed by atoms with van der Waals surface area (Å²) in [5.41, 5.74) is 0. The molecular formula is C14H26N2O. The van der Waals surface area contributed by atoms with Crippen molar-refractivity contribution in [2.75, 3.05) is 26.2 Å². The number of unbranched alkanes of at least 4 members (excludes halogenated alkanes) is 2. The summed E-state index contributed by atoms with van der Waals surface area (Å²) in [6, 6.07) is 0.213. The largest absolute Gasteiger partial charge is 0.341 e. The van der Waals surface area contributed by atoms with Gasteiger partial charge in [-0.1, -0.05) is 19.8 Å². The van der Waals surface area contributed by atoms with Gasteiger partial charge in [-0.25, -0.2) is 0 Å². The maximum Gasteiger partial charge on any atom is 0.239 e. The van der Waals surface area contributed by atoms with Gasteiger partial charge in [-0.15, -0.1) is 0 Å². The van der Waals surface area contributed by atoms with E-state index in [4.69, 9.17) is 0 Å². The van der Waals surface area contributed by atoms with Crippen LogP contribution in [0.15, 0.2) is 0 Å². The number of amides is 1. The predicted molar refractivity (Wildman–Crippen MR) is 69.9 cm³/mol. The number of likely N-dealkylation sites (tertiary alicyclic amines) is 2. The van der Waals surface area contributed by atoms with Crippen molar-refractivity contribution in [3.05, 3.63) is 0 Å². The van der Waals surface area contributed by atoms with Crippen LogP contribution in [-0.2, 0) is 4.79 Å². The first-order valence-corrected chi connectivity index (χ1v) is 7.35. The molecule has 0 aliphatic carbocycles. The normalized spacial score (nSPS) is 25.7. The van der Waals surface area contributed by atoms with E-state index in [1.165, 1.54) is 38.5 Å². The molecule has 0 aromatic carbocycles. The number of carbonyl (C=O) groups excluding carboxylic acids is 1. The van der Waals surface area contributed by atoms with Crippen molar-refractivity contribution >= 4 is 5.91 Å². The van der Waals surface area contributed by atoms with E-state index < -0.39 is 0 Å². The molecule has 17 heavy (non-hydrogen) atoms. The van der Waals surface area contributed by atoms with Gasteiger partial charge in [0.1, 0.15) is 0 Å². The average molecular weight is 238 g/mol. The molecule has 2 aliphatic heterocycles. The molecule has 0 N–H and O–H groups in total. The van der Waals surface area contributed by atoms with E-state index in [-0.39, 0.29) is 6.04 Å². The third-order valence-electron chi connectivity index (χ3n) is 4.12. The minimum Gasteiger partial charge on any atom is -0.341 e. The van der Waals surface area contributed by atoms with Crippen molar-refractivity contribution in [2.24, 2.45) is 0 Å². The van der Waals surface area contributed by atoms with Gasteiger partial charge in [0.15, 0.2) is 0 Å². The number of rotatable bonds is 5. The van der Waals surface area contributed by atoms with E-state index >= 15 is 0 Å². The molecule has 0 unspecified atom stereocenters. The van der Waals surface area contributed by atoms with Crippen LogP contribution in [0.1, 0.15) is 51.9 Å². The van der Waals surface area contributed by atoms with Gasteiger partial charge in [0.2, 0.25) is 5.91 Å². The van der Waals surface area contributed by atoms with Gasteiger partial charge in [0.25, 0.3) is 0 Å². The topological polar surface area (TPSA) is 23.6 Å². The highest BCUT2D eigenvalue weighted by molar-refractivity contribution is 5.82. The molecule has 2 saturated heterocycles. The summed E-state index contributed by atoms with van der Waals surface area (Å²) in [7, 11) is 0. The lowest BCUT2D eigenvalue weighted by molar-refractivity contribution is -0.134. The van der Waals surface area contributed by atoms with Gasteiger partial charge in [-0.3, -0.25) is 9.69 Å². The highest BCUT2D eigenvalue weighted by Crippen LogP contribution is 2.22. The lowest BCUT2D eigenvalue weighted by atomic mass is 10.2. The van der Waals surface area contributed by atoms with Crippen LogP contribution in [-0.4, -0.2) is 47.9 Å². The van der Waals surface area contributed by atoms with Crippen molar-refractivity contribution in [2.45, 2.75) is 57.9 Å². The van der Waals surface area contributed by atoms with Crippen LogP contribution < -0.4 is 0 Å². The molecule has 2 heterocycles. The summed E-state index contributed by atoms with van der Waals surface area (Å²) in [6.07, 6.45) is 8.50. The molecule has 98 valence electrons. The molecule has 0 saturated carbocycles. The van der Waals surface area contributed by atoms with Gasteiger partial charge >= 0.3 is 0 Å². The van der Waals surface area contributed by atoms with Crippen molar-refractivity contribution in [1.82, 2.24) is 9.80 Å². The zero-order chi connectivity index (χ0) is 12.1. The Bertz CT molecular complexity index is 249. The lowest BCUT2D eigenvalue weighted by Gasteiger charge is -2.27. The minimum atomic E-state index is 0.213. The summed E-state index contributed by atoms with van der Waals surface area (Å²) in [6.45, 7) is 6.49. The Morgan fingerprint density at radius 3 is 2.59 bits per heavy atom.